The summed E-state index contributed by atoms with van der Waals surface area (Å²) in [6, 6.07) is 5.99. The number of alkyl halides is 3. The second kappa shape index (κ2) is 7.59. The van der Waals surface area contributed by atoms with Gasteiger partial charge in [0, 0.05) is 44.8 Å². The summed E-state index contributed by atoms with van der Waals surface area (Å²) in [5, 5.41) is 5.83. The molecule has 1 aromatic carbocycles. The Balaban J connectivity index is 1.51. The molecule has 3 heterocycles. The Morgan fingerprint density at radius 3 is 2.75 bits per heavy atom. The molecule has 0 spiro atoms. The normalized spacial score (nSPS) is 17.7. The Kier molecular flexibility index (Phi) is 4.99. The van der Waals surface area contributed by atoms with Crippen LogP contribution in [0.5, 0.6) is 0 Å². The van der Waals surface area contributed by atoms with Gasteiger partial charge in [-0.2, -0.15) is 13.2 Å². The lowest BCUT2D eigenvalue weighted by molar-refractivity contribution is -0.155. The number of benzene rings is 1. The molecule has 146 valence electrons. The topological polar surface area (TPSA) is 66.0 Å². The summed E-state index contributed by atoms with van der Waals surface area (Å²) in [4.78, 5) is 14.4. The Labute approximate surface area is 159 Å². The number of hydrogen-bond donors (Lipinski definition) is 2. The van der Waals surface area contributed by atoms with Gasteiger partial charge in [0.1, 0.15) is 6.04 Å². The van der Waals surface area contributed by atoms with Gasteiger partial charge in [-0.25, -0.2) is 0 Å². The van der Waals surface area contributed by atoms with E-state index in [-0.39, 0.29) is 13.1 Å². The summed E-state index contributed by atoms with van der Waals surface area (Å²) in [6.07, 6.45) is 2.24. The van der Waals surface area contributed by atoms with Crippen LogP contribution in [-0.2, 0) is 6.54 Å². The molecule has 0 saturated carbocycles. The lowest BCUT2D eigenvalue weighted by atomic mass is 10.1. The first-order valence-electron chi connectivity index (χ1n) is 8.93. The zero-order valence-corrected chi connectivity index (χ0v) is 14.9. The van der Waals surface area contributed by atoms with Gasteiger partial charge in [0.2, 0.25) is 0 Å². The van der Waals surface area contributed by atoms with Crippen LogP contribution in [-0.4, -0.2) is 46.8 Å². The van der Waals surface area contributed by atoms with E-state index in [0.29, 0.717) is 24.5 Å². The van der Waals surface area contributed by atoms with Crippen LogP contribution in [0.1, 0.15) is 5.56 Å². The van der Waals surface area contributed by atoms with Crippen molar-refractivity contribution < 1.29 is 13.2 Å². The van der Waals surface area contributed by atoms with E-state index in [1.54, 1.807) is 35.8 Å². The van der Waals surface area contributed by atoms with E-state index < -0.39 is 12.2 Å². The molecular formula is C19H19F3N6. The predicted octanol–water partition coefficient (Wildman–Crippen LogP) is 2.98. The molecule has 1 aliphatic rings. The van der Waals surface area contributed by atoms with Crippen molar-refractivity contribution in [3.63, 3.8) is 0 Å². The minimum absolute atomic E-state index is 0.131. The average molecular weight is 388 g/mol. The van der Waals surface area contributed by atoms with Crippen LogP contribution in [0.15, 0.2) is 49.1 Å². The fourth-order valence-corrected chi connectivity index (χ4v) is 3.30. The molecule has 3 aromatic rings. The van der Waals surface area contributed by atoms with E-state index >= 15 is 0 Å². The molecule has 0 bridgehead atoms. The minimum Gasteiger partial charge on any atom is -0.378 e. The lowest BCUT2D eigenvalue weighted by Gasteiger charge is -2.36. The molecular weight excluding hydrogens is 369 g/mol. The maximum atomic E-state index is 13.1. The molecule has 6 nitrogen and oxygen atoms in total. The molecule has 9 heteroatoms. The van der Waals surface area contributed by atoms with Gasteiger partial charge in [0.05, 0.1) is 28.6 Å². The zero-order valence-electron chi connectivity index (χ0n) is 14.9. The molecule has 0 aliphatic carbocycles. The Hall–Kier alpha value is -2.94. The minimum atomic E-state index is -4.27. The highest BCUT2D eigenvalue weighted by Gasteiger charge is 2.42. The highest BCUT2D eigenvalue weighted by molar-refractivity contribution is 5.75. The largest absolute Gasteiger partial charge is 0.405 e. The number of halogens is 3. The van der Waals surface area contributed by atoms with Crippen molar-refractivity contribution >= 4 is 22.4 Å². The summed E-state index contributed by atoms with van der Waals surface area (Å²) in [5.41, 5.74) is 4.02. The second-order valence-electron chi connectivity index (χ2n) is 6.62. The number of piperazine rings is 1. The van der Waals surface area contributed by atoms with Crippen molar-refractivity contribution in [2.24, 2.45) is 0 Å². The van der Waals surface area contributed by atoms with Crippen molar-refractivity contribution in [3.8, 4) is 0 Å². The van der Waals surface area contributed by atoms with Gasteiger partial charge in [0.15, 0.2) is 0 Å². The zero-order chi connectivity index (χ0) is 19.6. The summed E-state index contributed by atoms with van der Waals surface area (Å²) in [7, 11) is 0. The standard InChI is InChI=1S/C19H19F3N6/c20-19(21,22)18-12-28(8-7-26-18)17-3-4-23-11-16(17)27-10-13-1-2-14-15(9-13)25-6-5-24-14/h1-6,9,11,18,26-27H,7-8,10,12H2. The van der Waals surface area contributed by atoms with E-state index in [0.717, 1.165) is 16.6 Å². The number of rotatable bonds is 4. The van der Waals surface area contributed by atoms with Crippen LogP contribution in [0.3, 0.4) is 0 Å². The van der Waals surface area contributed by atoms with Crippen molar-refractivity contribution in [1.29, 1.82) is 0 Å². The SMILES string of the molecule is FC(F)(F)C1CN(c2ccncc2NCc2ccc3nccnc3c2)CCN1. The number of pyridine rings is 1. The second-order valence-corrected chi connectivity index (χ2v) is 6.62. The molecule has 2 N–H and O–H groups in total. The van der Waals surface area contributed by atoms with Crippen LogP contribution < -0.4 is 15.5 Å². The number of nitrogens with zero attached hydrogens (tertiary/aromatic N) is 4. The maximum Gasteiger partial charge on any atom is 0.405 e. The third kappa shape index (κ3) is 3.99. The van der Waals surface area contributed by atoms with Crippen LogP contribution in [0.2, 0.25) is 0 Å². The van der Waals surface area contributed by atoms with Gasteiger partial charge in [-0.3, -0.25) is 15.0 Å². The van der Waals surface area contributed by atoms with Gasteiger partial charge in [-0.15, -0.1) is 0 Å². The molecule has 4 rings (SSSR count). The number of hydrogen-bond acceptors (Lipinski definition) is 6. The molecule has 1 atom stereocenters. The molecule has 2 aromatic heterocycles. The van der Waals surface area contributed by atoms with E-state index in [2.05, 4.69) is 25.6 Å². The number of aromatic nitrogens is 3. The van der Waals surface area contributed by atoms with Gasteiger partial charge in [0.25, 0.3) is 0 Å². The van der Waals surface area contributed by atoms with E-state index in [9.17, 15) is 13.2 Å². The summed E-state index contributed by atoms with van der Waals surface area (Å²) in [5.74, 6) is 0. The van der Waals surface area contributed by atoms with Crippen molar-refractivity contribution in [3.05, 3.63) is 54.6 Å². The Bertz CT molecular complexity index is 962. The van der Waals surface area contributed by atoms with Crippen molar-refractivity contribution in [1.82, 2.24) is 20.3 Å². The fourth-order valence-electron chi connectivity index (χ4n) is 3.30. The first-order valence-corrected chi connectivity index (χ1v) is 8.93. The molecule has 1 saturated heterocycles. The van der Waals surface area contributed by atoms with Gasteiger partial charge in [-0.1, -0.05) is 6.07 Å². The monoisotopic (exact) mass is 388 g/mol. The summed E-state index contributed by atoms with van der Waals surface area (Å²) < 4.78 is 39.3. The number of anilines is 2. The predicted molar refractivity (Wildman–Crippen MR) is 101 cm³/mol. The third-order valence-corrected chi connectivity index (χ3v) is 4.73. The first-order chi connectivity index (χ1) is 13.5. The van der Waals surface area contributed by atoms with Gasteiger partial charge in [-0.05, 0) is 23.8 Å². The molecule has 1 fully saturated rings. The molecule has 0 amide bonds. The Morgan fingerprint density at radius 1 is 1.11 bits per heavy atom. The summed E-state index contributed by atoms with van der Waals surface area (Å²) >= 11 is 0. The van der Waals surface area contributed by atoms with Gasteiger partial charge >= 0.3 is 6.18 Å². The highest BCUT2D eigenvalue weighted by Crippen LogP contribution is 2.29. The quantitative estimate of drug-likeness (QED) is 0.716. The maximum absolute atomic E-state index is 13.1. The van der Waals surface area contributed by atoms with Crippen molar-refractivity contribution in [2.75, 3.05) is 29.9 Å². The van der Waals surface area contributed by atoms with Crippen LogP contribution in [0, 0.1) is 0 Å². The molecule has 0 radical (unpaired) electrons. The van der Waals surface area contributed by atoms with Crippen LogP contribution in [0.25, 0.3) is 11.0 Å². The van der Waals surface area contributed by atoms with Gasteiger partial charge < -0.3 is 15.5 Å². The first kappa shape index (κ1) is 18.4. The van der Waals surface area contributed by atoms with E-state index in [4.69, 9.17) is 0 Å². The highest BCUT2D eigenvalue weighted by atomic mass is 19.4. The Morgan fingerprint density at radius 2 is 1.93 bits per heavy atom. The van der Waals surface area contributed by atoms with Crippen molar-refractivity contribution in [2.45, 2.75) is 18.8 Å². The third-order valence-electron chi connectivity index (χ3n) is 4.73. The molecule has 28 heavy (non-hydrogen) atoms. The van der Waals surface area contributed by atoms with Crippen LogP contribution >= 0.6 is 0 Å². The van der Waals surface area contributed by atoms with E-state index in [1.807, 2.05) is 18.2 Å². The fraction of sp³-hybridized carbons (Fsp3) is 0.316. The smallest absolute Gasteiger partial charge is 0.378 e. The number of fused-ring (bicyclic) bond motifs is 1. The number of nitrogens with one attached hydrogen (secondary N) is 2. The van der Waals surface area contributed by atoms with E-state index in [1.165, 1.54) is 0 Å². The molecule has 1 aliphatic heterocycles. The summed E-state index contributed by atoms with van der Waals surface area (Å²) in [6.45, 7) is 1.14. The molecule has 1 unspecified atom stereocenters. The lowest BCUT2D eigenvalue weighted by Crippen LogP contribution is -2.57. The average Bonchev–Trinajstić information content (AvgIpc) is 2.72. The van der Waals surface area contributed by atoms with Crippen LogP contribution in [0.4, 0.5) is 24.5 Å².